The second kappa shape index (κ2) is 7.43. The Labute approximate surface area is 118 Å². The van der Waals surface area contributed by atoms with E-state index in [9.17, 15) is 9.59 Å². The Hall–Kier alpha value is -2.17. The zero-order valence-corrected chi connectivity index (χ0v) is 12.0. The number of aliphatic carboxylic acids is 1. The third-order valence-corrected chi connectivity index (χ3v) is 3.17. The Morgan fingerprint density at radius 1 is 1.45 bits per heavy atom. The van der Waals surface area contributed by atoms with Crippen LogP contribution in [-0.4, -0.2) is 39.5 Å². The molecule has 1 atom stereocenters. The first-order chi connectivity index (χ1) is 9.51. The molecule has 0 radical (unpaired) electrons. The van der Waals surface area contributed by atoms with E-state index in [1.54, 1.807) is 17.0 Å². The van der Waals surface area contributed by atoms with E-state index in [2.05, 4.69) is 4.98 Å². The second-order valence-electron chi connectivity index (χ2n) is 4.46. The van der Waals surface area contributed by atoms with Crippen molar-refractivity contribution in [3.05, 3.63) is 35.7 Å². The number of carbonyl (C=O) groups is 2. The molecule has 1 N–H and O–H groups in total. The number of aromatic nitrogens is 1. The van der Waals surface area contributed by atoms with E-state index in [1.165, 1.54) is 12.3 Å². The van der Waals surface area contributed by atoms with Gasteiger partial charge in [-0.1, -0.05) is 13.0 Å². The van der Waals surface area contributed by atoms with E-state index in [-0.39, 0.29) is 17.6 Å². The van der Waals surface area contributed by atoms with Crippen molar-refractivity contribution >= 4 is 18.0 Å². The maximum atomic E-state index is 12.5. The summed E-state index contributed by atoms with van der Waals surface area (Å²) >= 11 is 0. The Bertz CT molecular complexity index is 512. The van der Waals surface area contributed by atoms with Crippen molar-refractivity contribution in [3.63, 3.8) is 0 Å². The van der Waals surface area contributed by atoms with Gasteiger partial charge in [0.15, 0.2) is 0 Å². The lowest BCUT2D eigenvalue weighted by molar-refractivity contribution is -0.131. The predicted molar refractivity (Wildman–Crippen MR) is 77.4 cm³/mol. The standard InChI is InChI=1S/C15H20N2O3/c1-4-11(3)17(5-2)15(20)14-12(7-6-10-16-14)8-9-13(18)19/h6-11H,4-5H2,1-3H3,(H,18,19)/b9-8+. The van der Waals surface area contributed by atoms with Crippen LogP contribution in [0.15, 0.2) is 24.4 Å². The smallest absolute Gasteiger partial charge is 0.328 e. The molecule has 0 saturated heterocycles. The number of hydrogen-bond donors (Lipinski definition) is 1. The van der Waals surface area contributed by atoms with Crippen LogP contribution in [0.3, 0.4) is 0 Å². The fourth-order valence-electron chi connectivity index (χ4n) is 1.90. The summed E-state index contributed by atoms with van der Waals surface area (Å²) in [5.74, 6) is -1.23. The molecule has 5 nitrogen and oxygen atoms in total. The summed E-state index contributed by atoms with van der Waals surface area (Å²) in [6.45, 7) is 6.51. The van der Waals surface area contributed by atoms with Crippen molar-refractivity contribution in [2.45, 2.75) is 33.2 Å². The monoisotopic (exact) mass is 276 g/mol. The summed E-state index contributed by atoms with van der Waals surface area (Å²) in [5.41, 5.74) is 0.800. The summed E-state index contributed by atoms with van der Waals surface area (Å²) in [6.07, 6.45) is 4.79. The Balaban J connectivity index is 3.12. The molecule has 0 aliphatic rings. The van der Waals surface area contributed by atoms with Crippen molar-refractivity contribution in [3.8, 4) is 0 Å². The van der Waals surface area contributed by atoms with E-state index in [0.717, 1.165) is 12.5 Å². The maximum Gasteiger partial charge on any atom is 0.328 e. The first kappa shape index (κ1) is 15.9. The van der Waals surface area contributed by atoms with Gasteiger partial charge in [0.2, 0.25) is 0 Å². The van der Waals surface area contributed by atoms with E-state index >= 15 is 0 Å². The average Bonchev–Trinajstić information content (AvgIpc) is 2.45. The molecule has 20 heavy (non-hydrogen) atoms. The summed E-state index contributed by atoms with van der Waals surface area (Å²) in [7, 11) is 0. The minimum Gasteiger partial charge on any atom is -0.478 e. The first-order valence-corrected chi connectivity index (χ1v) is 6.68. The fourth-order valence-corrected chi connectivity index (χ4v) is 1.90. The van der Waals surface area contributed by atoms with Crippen LogP contribution in [0.2, 0.25) is 0 Å². The molecule has 1 amide bonds. The third-order valence-electron chi connectivity index (χ3n) is 3.17. The van der Waals surface area contributed by atoms with E-state index < -0.39 is 5.97 Å². The maximum absolute atomic E-state index is 12.5. The lowest BCUT2D eigenvalue weighted by atomic mass is 10.1. The molecule has 1 unspecified atom stereocenters. The molecular formula is C15H20N2O3. The molecule has 108 valence electrons. The van der Waals surface area contributed by atoms with Crippen LogP contribution < -0.4 is 0 Å². The van der Waals surface area contributed by atoms with E-state index in [4.69, 9.17) is 5.11 Å². The van der Waals surface area contributed by atoms with Crippen LogP contribution in [0, 0.1) is 0 Å². The Kier molecular flexibility index (Phi) is 5.90. The number of carboxylic acid groups (broad SMARTS) is 1. The number of amides is 1. The Morgan fingerprint density at radius 3 is 2.70 bits per heavy atom. The highest BCUT2D eigenvalue weighted by atomic mass is 16.4. The largest absolute Gasteiger partial charge is 0.478 e. The third kappa shape index (κ3) is 3.91. The molecule has 0 fully saturated rings. The van der Waals surface area contributed by atoms with Crippen LogP contribution >= 0.6 is 0 Å². The van der Waals surface area contributed by atoms with Gasteiger partial charge in [0.05, 0.1) is 0 Å². The highest BCUT2D eigenvalue weighted by molar-refractivity contribution is 5.97. The molecular weight excluding hydrogens is 256 g/mol. The zero-order valence-electron chi connectivity index (χ0n) is 12.0. The number of carboxylic acids is 1. The van der Waals surface area contributed by atoms with Gasteiger partial charge in [0, 0.05) is 30.4 Å². The first-order valence-electron chi connectivity index (χ1n) is 6.68. The molecule has 0 aliphatic heterocycles. The minimum atomic E-state index is -1.05. The van der Waals surface area contributed by atoms with Crippen molar-refractivity contribution in [2.24, 2.45) is 0 Å². The summed E-state index contributed by atoms with van der Waals surface area (Å²) in [6, 6.07) is 3.48. The summed E-state index contributed by atoms with van der Waals surface area (Å²) in [4.78, 5) is 29.0. The van der Waals surface area contributed by atoms with E-state index in [0.29, 0.717) is 12.1 Å². The highest BCUT2D eigenvalue weighted by Crippen LogP contribution is 2.14. The van der Waals surface area contributed by atoms with Gasteiger partial charge in [-0.2, -0.15) is 0 Å². The van der Waals surface area contributed by atoms with Crippen LogP contribution in [0.4, 0.5) is 0 Å². The van der Waals surface area contributed by atoms with Crippen molar-refractivity contribution < 1.29 is 14.7 Å². The zero-order chi connectivity index (χ0) is 15.1. The van der Waals surface area contributed by atoms with Crippen LogP contribution in [0.5, 0.6) is 0 Å². The fraction of sp³-hybridized carbons (Fsp3) is 0.400. The molecule has 1 rings (SSSR count). The van der Waals surface area contributed by atoms with Gasteiger partial charge in [-0.3, -0.25) is 9.78 Å². The molecule has 0 spiro atoms. The van der Waals surface area contributed by atoms with Gasteiger partial charge < -0.3 is 10.0 Å². The highest BCUT2D eigenvalue weighted by Gasteiger charge is 2.21. The lowest BCUT2D eigenvalue weighted by Crippen LogP contribution is -2.38. The van der Waals surface area contributed by atoms with Crippen LogP contribution in [0.1, 0.15) is 43.2 Å². The molecule has 1 aromatic rings. The minimum absolute atomic E-state index is 0.116. The van der Waals surface area contributed by atoms with Crippen molar-refractivity contribution in [1.29, 1.82) is 0 Å². The number of rotatable bonds is 6. The second-order valence-corrected chi connectivity index (χ2v) is 4.46. The van der Waals surface area contributed by atoms with Crippen molar-refractivity contribution in [2.75, 3.05) is 6.54 Å². The molecule has 1 aromatic heterocycles. The molecule has 0 aromatic carbocycles. The predicted octanol–water partition coefficient (Wildman–Crippen LogP) is 2.44. The molecule has 5 heteroatoms. The van der Waals surface area contributed by atoms with Crippen molar-refractivity contribution in [1.82, 2.24) is 9.88 Å². The van der Waals surface area contributed by atoms with Gasteiger partial charge >= 0.3 is 5.97 Å². The average molecular weight is 276 g/mol. The normalized spacial score (nSPS) is 12.3. The van der Waals surface area contributed by atoms with Gasteiger partial charge in [0.25, 0.3) is 5.91 Å². The summed E-state index contributed by atoms with van der Waals surface area (Å²) < 4.78 is 0. The molecule has 0 saturated carbocycles. The van der Waals surface area contributed by atoms with Gasteiger partial charge in [-0.25, -0.2) is 4.79 Å². The molecule has 0 bridgehead atoms. The topological polar surface area (TPSA) is 70.5 Å². The molecule has 0 aliphatic carbocycles. The van der Waals surface area contributed by atoms with Crippen LogP contribution in [0.25, 0.3) is 6.08 Å². The number of nitrogens with zero attached hydrogens (tertiary/aromatic N) is 2. The van der Waals surface area contributed by atoms with Gasteiger partial charge in [-0.05, 0) is 32.4 Å². The number of carbonyl (C=O) groups excluding carboxylic acids is 1. The summed E-state index contributed by atoms with van der Waals surface area (Å²) in [5, 5.41) is 8.68. The SMILES string of the molecule is CCC(C)N(CC)C(=O)c1ncccc1/C=C/C(=O)O. The molecule has 1 heterocycles. The van der Waals surface area contributed by atoms with Crippen LogP contribution in [-0.2, 0) is 4.79 Å². The number of pyridine rings is 1. The van der Waals surface area contributed by atoms with Gasteiger partial charge in [-0.15, -0.1) is 0 Å². The Morgan fingerprint density at radius 2 is 2.15 bits per heavy atom. The lowest BCUT2D eigenvalue weighted by Gasteiger charge is -2.27. The van der Waals surface area contributed by atoms with E-state index in [1.807, 2.05) is 20.8 Å². The van der Waals surface area contributed by atoms with Gasteiger partial charge in [0.1, 0.15) is 5.69 Å². The number of hydrogen-bond acceptors (Lipinski definition) is 3. The quantitative estimate of drug-likeness (QED) is 0.810.